The lowest BCUT2D eigenvalue weighted by Crippen LogP contribution is -2.10. The molecule has 0 atom stereocenters. The van der Waals surface area contributed by atoms with E-state index in [9.17, 15) is 4.79 Å². The predicted molar refractivity (Wildman–Crippen MR) is 51.8 cm³/mol. The molecule has 0 amide bonds. The van der Waals surface area contributed by atoms with Crippen molar-refractivity contribution in [3.05, 3.63) is 33.4 Å². The van der Waals surface area contributed by atoms with E-state index >= 15 is 0 Å². The summed E-state index contributed by atoms with van der Waals surface area (Å²) in [5, 5.41) is 1.99. The van der Waals surface area contributed by atoms with Crippen LogP contribution in [0.1, 0.15) is 12.5 Å². The molecule has 3 heteroatoms. The molecule has 0 bridgehead atoms. The van der Waals surface area contributed by atoms with Crippen molar-refractivity contribution in [2.75, 3.05) is 0 Å². The Bertz CT molecular complexity index is 455. The van der Waals surface area contributed by atoms with Crippen LogP contribution >= 0.6 is 11.3 Å². The number of hydrogen-bond donors (Lipinski definition) is 1. The minimum atomic E-state index is 0.0448. The summed E-state index contributed by atoms with van der Waals surface area (Å²) in [6.45, 7) is 1.99. The number of aryl methyl sites for hydroxylation is 1. The molecule has 2 nitrogen and oxygen atoms in total. The number of thiophene rings is 1. The van der Waals surface area contributed by atoms with Crippen molar-refractivity contribution in [3.8, 4) is 0 Å². The Morgan fingerprint density at radius 1 is 1.58 bits per heavy atom. The molecule has 0 fully saturated rings. The lowest BCUT2D eigenvalue weighted by atomic mass is 10.2. The maximum atomic E-state index is 11.3. The van der Waals surface area contributed by atoms with E-state index in [1.54, 1.807) is 11.3 Å². The van der Waals surface area contributed by atoms with Crippen LogP contribution in [0.15, 0.2) is 22.3 Å². The second-order valence-electron chi connectivity index (χ2n) is 2.68. The van der Waals surface area contributed by atoms with Crippen molar-refractivity contribution in [1.82, 2.24) is 4.98 Å². The zero-order chi connectivity index (χ0) is 8.55. The average Bonchev–Trinajstić information content (AvgIpc) is 2.49. The molecule has 12 heavy (non-hydrogen) atoms. The fourth-order valence-corrected chi connectivity index (χ4v) is 2.03. The zero-order valence-electron chi connectivity index (χ0n) is 6.76. The van der Waals surface area contributed by atoms with Crippen LogP contribution in [-0.2, 0) is 6.42 Å². The number of aromatic amines is 1. The Morgan fingerprint density at radius 2 is 2.42 bits per heavy atom. The standard InChI is InChI=1S/C9H9NOS/c1-2-6-5-8-7(3-4-12-8)10-9(6)11/h3-5H,2H2,1H3,(H,10,11). The second-order valence-corrected chi connectivity index (χ2v) is 3.62. The van der Waals surface area contributed by atoms with Crippen molar-refractivity contribution in [2.24, 2.45) is 0 Å². The van der Waals surface area contributed by atoms with E-state index in [1.807, 2.05) is 24.4 Å². The molecule has 0 aromatic carbocycles. The van der Waals surface area contributed by atoms with Crippen molar-refractivity contribution in [3.63, 3.8) is 0 Å². The van der Waals surface area contributed by atoms with E-state index in [0.29, 0.717) is 0 Å². The summed E-state index contributed by atoms with van der Waals surface area (Å²) in [6.07, 6.45) is 0.795. The first-order valence-electron chi connectivity index (χ1n) is 3.90. The Labute approximate surface area is 73.9 Å². The van der Waals surface area contributed by atoms with E-state index in [1.165, 1.54) is 0 Å². The minimum Gasteiger partial charge on any atom is -0.321 e. The van der Waals surface area contributed by atoms with Crippen molar-refractivity contribution in [1.29, 1.82) is 0 Å². The first-order chi connectivity index (χ1) is 5.81. The fourth-order valence-electron chi connectivity index (χ4n) is 1.23. The molecule has 0 spiro atoms. The van der Waals surface area contributed by atoms with E-state index in [4.69, 9.17) is 0 Å². The summed E-state index contributed by atoms with van der Waals surface area (Å²) in [5.74, 6) is 0. The molecule has 2 rings (SSSR count). The quantitative estimate of drug-likeness (QED) is 0.714. The SMILES string of the molecule is CCc1cc2sccc2[nH]c1=O. The van der Waals surface area contributed by atoms with Gasteiger partial charge in [-0.3, -0.25) is 4.79 Å². The molecule has 0 unspecified atom stereocenters. The molecule has 0 radical (unpaired) electrons. The van der Waals surface area contributed by atoms with Gasteiger partial charge in [-0.15, -0.1) is 11.3 Å². The molecule has 2 aromatic rings. The smallest absolute Gasteiger partial charge is 0.251 e. The van der Waals surface area contributed by atoms with Crippen LogP contribution in [0.3, 0.4) is 0 Å². The number of fused-ring (bicyclic) bond motifs is 1. The molecular formula is C9H9NOS. The van der Waals surface area contributed by atoms with Gasteiger partial charge in [0, 0.05) is 5.56 Å². The zero-order valence-corrected chi connectivity index (χ0v) is 7.57. The van der Waals surface area contributed by atoms with Gasteiger partial charge in [0.05, 0.1) is 10.2 Å². The van der Waals surface area contributed by atoms with Crippen LogP contribution in [0, 0.1) is 0 Å². The molecule has 0 aliphatic rings. The maximum Gasteiger partial charge on any atom is 0.251 e. The van der Waals surface area contributed by atoms with Crippen molar-refractivity contribution < 1.29 is 0 Å². The number of hydrogen-bond acceptors (Lipinski definition) is 2. The van der Waals surface area contributed by atoms with Crippen molar-refractivity contribution >= 4 is 21.6 Å². The summed E-state index contributed by atoms with van der Waals surface area (Å²) < 4.78 is 1.16. The summed E-state index contributed by atoms with van der Waals surface area (Å²) in [5.41, 5.74) is 1.86. The van der Waals surface area contributed by atoms with Gasteiger partial charge >= 0.3 is 0 Å². The van der Waals surface area contributed by atoms with Gasteiger partial charge in [0.15, 0.2) is 0 Å². The topological polar surface area (TPSA) is 32.9 Å². The molecular weight excluding hydrogens is 170 g/mol. The normalized spacial score (nSPS) is 10.8. The third-order valence-corrected chi connectivity index (χ3v) is 2.79. The third-order valence-electron chi connectivity index (χ3n) is 1.92. The van der Waals surface area contributed by atoms with Gasteiger partial charge in [-0.05, 0) is 23.9 Å². The molecule has 62 valence electrons. The average molecular weight is 179 g/mol. The Kier molecular flexibility index (Phi) is 1.73. The highest BCUT2D eigenvalue weighted by Gasteiger charge is 2.00. The Hall–Kier alpha value is -1.09. The molecule has 2 heterocycles. The number of rotatable bonds is 1. The second kappa shape index (κ2) is 2.75. The van der Waals surface area contributed by atoms with Gasteiger partial charge in [-0.25, -0.2) is 0 Å². The molecule has 1 N–H and O–H groups in total. The largest absolute Gasteiger partial charge is 0.321 e. The van der Waals surface area contributed by atoms with Gasteiger partial charge in [-0.2, -0.15) is 0 Å². The van der Waals surface area contributed by atoms with Gasteiger partial charge in [-0.1, -0.05) is 6.92 Å². The van der Waals surface area contributed by atoms with Gasteiger partial charge < -0.3 is 4.98 Å². The number of aromatic nitrogens is 1. The summed E-state index contributed by atoms with van der Waals surface area (Å²) >= 11 is 1.66. The summed E-state index contributed by atoms with van der Waals surface area (Å²) in [4.78, 5) is 14.2. The van der Waals surface area contributed by atoms with E-state index in [2.05, 4.69) is 4.98 Å². The summed E-state index contributed by atoms with van der Waals surface area (Å²) in [6, 6.07) is 3.90. The third kappa shape index (κ3) is 1.06. The predicted octanol–water partition coefficient (Wildman–Crippen LogP) is 2.15. The molecule has 0 saturated heterocycles. The van der Waals surface area contributed by atoms with Crippen LogP contribution in [0.4, 0.5) is 0 Å². The summed E-state index contributed by atoms with van der Waals surface area (Å²) in [7, 11) is 0. The molecule has 2 aromatic heterocycles. The molecule has 0 saturated carbocycles. The Balaban J connectivity index is 2.82. The van der Waals surface area contributed by atoms with Crippen LogP contribution < -0.4 is 5.56 Å². The Morgan fingerprint density at radius 3 is 3.17 bits per heavy atom. The lowest BCUT2D eigenvalue weighted by molar-refractivity contribution is 1.08. The molecule has 0 aliphatic carbocycles. The van der Waals surface area contributed by atoms with Gasteiger partial charge in [0.2, 0.25) is 0 Å². The number of nitrogens with one attached hydrogen (secondary N) is 1. The van der Waals surface area contributed by atoms with E-state index in [0.717, 1.165) is 22.2 Å². The molecule has 0 aliphatic heterocycles. The van der Waals surface area contributed by atoms with E-state index in [-0.39, 0.29) is 5.56 Å². The fraction of sp³-hybridized carbons (Fsp3) is 0.222. The monoisotopic (exact) mass is 179 g/mol. The van der Waals surface area contributed by atoms with Gasteiger partial charge in [0.25, 0.3) is 5.56 Å². The minimum absolute atomic E-state index is 0.0448. The highest BCUT2D eigenvalue weighted by atomic mass is 32.1. The van der Waals surface area contributed by atoms with Crippen LogP contribution in [-0.4, -0.2) is 4.98 Å². The first kappa shape index (κ1) is 7.55. The number of pyridine rings is 1. The van der Waals surface area contributed by atoms with Gasteiger partial charge in [0.1, 0.15) is 0 Å². The highest BCUT2D eigenvalue weighted by Crippen LogP contribution is 2.17. The highest BCUT2D eigenvalue weighted by molar-refractivity contribution is 7.17. The van der Waals surface area contributed by atoms with E-state index < -0.39 is 0 Å². The first-order valence-corrected chi connectivity index (χ1v) is 4.78. The number of H-pyrrole nitrogens is 1. The van der Waals surface area contributed by atoms with Crippen LogP contribution in [0.25, 0.3) is 10.2 Å². The van der Waals surface area contributed by atoms with Crippen LogP contribution in [0.2, 0.25) is 0 Å². The maximum absolute atomic E-state index is 11.3. The van der Waals surface area contributed by atoms with Crippen molar-refractivity contribution in [2.45, 2.75) is 13.3 Å². The van der Waals surface area contributed by atoms with Crippen LogP contribution in [0.5, 0.6) is 0 Å². The lowest BCUT2D eigenvalue weighted by Gasteiger charge is -1.94.